The van der Waals surface area contributed by atoms with Crippen LogP contribution in [-0.2, 0) is 37.1 Å². The summed E-state index contributed by atoms with van der Waals surface area (Å²) < 4.78 is 27.3. The molecule has 0 spiro atoms. The molecule has 1 unspecified atom stereocenters. The highest BCUT2D eigenvalue weighted by atomic mass is 28.4. The first-order valence-electron chi connectivity index (χ1n) is 9.95. The third kappa shape index (κ3) is 10.5. The lowest BCUT2D eigenvalue weighted by molar-refractivity contribution is -0.150. The van der Waals surface area contributed by atoms with Crippen molar-refractivity contribution in [1.29, 1.82) is 0 Å². The van der Waals surface area contributed by atoms with Crippen LogP contribution in [0.15, 0.2) is 12.2 Å². The van der Waals surface area contributed by atoms with E-state index in [-0.39, 0.29) is 37.5 Å². The molecule has 168 valence electrons. The Balaban J connectivity index is 4.54. The fourth-order valence-corrected chi connectivity index (χ4v) is 5.34. The van der Waals surface area contributed by atoms with Crippen LogP contribution in [0.25, 0.3) is 0 Å². The molecule has 0 saturated heterocycles. The highest BCUT2D eigenvalue weighted by Crippen LogP contribution is 2.18. The van der Waals surface area contributed by atoms with Gasteiger partial charge in [0, 0.05) is 31.8 Å². The van der Waals surface area contributed by atoms with Gasteiger partial charge in [-0.05, 0) is 34.1 Å². The summed E-state index contributed by atoms with van der Waals surface area (Å²) in [6.45, 7) is 13.5. The second kappa shape index (κ2) is 15.1. The topological polar surface area (TPSA) is 109 Å². The third-order valence-electron chi connectivity index (χ3n) is 3.69. The maximum absolute atomic E-state index is 12.3. The molecule has 0 aliphatic heterocycles. The highest BCUT2D eigenvalue weighted by molar-refractivity contribution is 6.62. The van der Waals surface area contributed by atoms with Gasteiger partial charge in [0.15, 0.2) is 0 Å². The molecule has 0 heterocycles. The summed E-state index contributed by atoms with van der Waals surface area (Å²) in [4.78, 5) is 35.3. The summed E-state index contributed by atoms with van der Waals surface area (Å²) in [7, 11) is -3.09. The molecule has 0 aromatic heterocycles. The van der Waals surface area contributed by atoms with E-state index in [1.165, 1.54) is 6.92 Å². The largest absolute Gasteiger partial charge is 0.524 e. The Hall–Kier alpha value is -1.75. The third-order valence-corrected chi connectivity index (χ3v) is 7.17. The van der Waals surface area contributed by atoms with Crippen molar-refractivity contribution in [3.8, 4) is 0 Å². The summed E-state index contributed by atoms with van der Waals surface area (Å²) in [5.41, 5.74) is -0.142. The van der Waals surface area contributed by atoms with E-state index in [2.05, 4.69) is 11.9 Å². The van der Waals surface area contributed by atoms with Crippen molar-refractivity contribution in [3.05, 3.63) is 12.2 Å². The van der Waals surface area contributed by atoms with Crippen LogP contribution in [0.3, 0.4) is 0 Å². The molecule has 0 radical (unpaired) electrons. The van der Waals surface area contributed by atoms with Gasteiger partial charge in [0.1, 0.15) is 13.2 Å². The number of hydrogen-bond donors (Lipinski definition) is 1. The molecule has 9 nitrogen and oxygen atoms in total. The summed E-state index contributed by atoms with van der Waals surface area (Å²) in [6.07, 6.45) is 0.426. The molecule has 0 aromatic carbocycles. The van der Waals surface area contributed by atoms with Gasteiger partial charge >= 0.3 is 20.7 Å². The molecule has 0 rings (SSSR count). The summed E-state index contributed by atoms with van der Waals surface area (Å²) in [6, 6.07) is 0. The number of rotatable bonds is 16. The molecule has 29 heavy (non-hydrogen) atoms. The van der Waals surface area contributed by atoms with E-state index in [0.29, 0.717) is 26.2 Å². The van der Waals surface area contributed by atoms with E-state index >= 15 is 0 Å². The lowest BCUT2D eigenvalue weighted by atomic mass is 10.3. The minimum absolute atomic E-state index is 0.0459. The normalized spacial score (nSPS) is 12.2. The van der Waals surface area contributed by atoms with Gasteiger partial charge < -0.3 is 28.1 Å². The highest BCUT2D eigenvalue weighted by Gasteiger charge is 2.49. The fourth-order valence-electron chi connectivity index (χ4n) is 2.44. The van der Waals surface area contributed by atoms with Gasteiger partial charge in [-0.25, -0.2) is 4.79 Å². The van der Waals surface area contributed by atoms with Crippen LogP contribution < -0.4 is 5.32 Å². The van der Waals surface area contributed by atoms with Crippen LogP contribution >= 0.6 is 0 Å². The molecule has 0 aromatic rings. The molecule has 1 amide bonds. The number of ether oxygens (including phenoxy) is 2. The van der Waals surface area contributed by atoms with Gasteiger partial charge in [-0.1, -0.05) is 13.5 Å². The van der Waals surface area contributed by atoms with Crippen molar-refractivity contribution >= 4 is 26.7 Å². The summed E-state index contributed by atoms with van der Waals surface area (Å²) in [5, 5.41) is 2.87. The Morgan fingerprint density at radius 1 is 0.897 bits per heavy atom. The van der Waals surface area contributed by atoms with Gasteiger partial charge in [0.2, 0.25) is 5.91 Å². The Kier molecular flexibility index (Phi) is 14.2. The predicted molar refractivity (Wildman–Crippen MR) is 109 cm³/mol. The van der Waals surface area contributed by atoms with Crippen molar-refractivity contribution in [2.75, 3.05) is 33.0 Å². The smallest absolute Gasteiger partial charge is 0.462 e. The van der Waals surface area contributed by atoms with E-state index in [9.17, 15) is 14.4 Å². The van der Waals surface area contributed by atoms with Gasteiger partial charge in [0.25, 0.3) is 0 Å². The minimum Gasteiger partial charge on any atom is -0.462 e. The van der Waals surface area contributed by atoms with E-state index in [0.717, 1.165) is 0 Å². The molecule has 10 heteroatoms. The molecule has 0 bridgehead atoms. The number of carbonyl (C=O) groups is 3. The quantitative estimate of drug-likeness (QED) is 0.170. The van der Waals surface area contributed by atoms with Crippen LogP contribution in [0, 0.1) is 0 Å². The van der Waals surface area contributed by atoms with Crippen molar-refractivity contribution in [2.24, 2.45) is 0 Å². The monoisotopic (exact) mass is 433 g/mol. The van der Waals surface area contributed by atoms with E-state index in [4.69, 9.17) is 22.8 Å². The first-order valence-corrected chi connectivity index (χ1v) is 11.8. The van der Waals surface area contributed by atoms with Crippen LogP contribution in [-0.4, -0.2) is 65.3 Å². The Morgan fingerprint density at radius 2 is 1.41 bits per heavy atom. The molecule has 0 fully saturated rings. The lowest BCUT2D eigenvalue weighted by Crippen LogP contribution is -2.62. The average molecular weight is 434 g/mol. The molecule has 1 atom stereocenters. The maximum Gasteiger partial charge on any atom is 0.524 e. The predicted octanol–water partition coefficient (Wildman–Crippen LogP) is 1.91. The number of hydrogen-bond acceptors (Lipinski definition) is 8. The van der Waals surface area contributed by atoms with Crippen molar-refractivity contribution in [1.82, 2.24) is 5.32 Å². The first-order chi connectivity index (χ1) is 13.8. The number of nitrogens with one attached hydrogen (secondary N) is 1. The SMILES string of the molecule is C=C(C)C(=O)OCCOC(=O)CCC(=O)NC(CC)[Si](OCC)(OCC)OCC. The molecular weight excluding hydrogens is 398 g/mol. The zero-order valence-corrected chi connectivity index (χ0v) is 19.2. The molecule has 0 aliphatic rings. The minimum atomic E-state index is -3.09. The summed E-state index contributed by atoms with van der Waals surface area (Å²) in [5.74, 6) is -1.42. The standard InChI is InChI=1S/C19H35NO8Si/c1-7-17(29(26-8-2,27-9-3)28-10-4)20-16(21)11-12-18(22)24-13-14-25-19(23)15(5)6/h17H,5,7-14H2,1-4,6H3,(H,20,21). The van der Waals surface area contributed by atoms with Crippen LogP contribution in [0.1, 0.15) is 53.9 Å². The molecular formula is C19H35NO8Si. The van der Waals surface area contributed by atoms with Crippen molar-refractivity contribution in [3.63, 3.8) is 0 Å². The fraction of sp³-hybridized carbons (Fsp3) is 0.737. The van der Waals surface area contributed by atoms with Crippen molar-refractivity contribution in [2.45, 2.75) is 59.5 Å². The molecule has 1 N–H and O–H groups in total. The average Bonchev–Trinajstić information content (AvgIpc) is 2.67. The zero-order chi connectivity index (χ0) is 22.3. The van der Waals surface area contributed by atoms with E-state index in [1.807, 2.05) is 27.7 Å². The van der Waals surface area contributed by atoms with Gasteiger partial charge in [-0.2, -0.15) is 0 Å². The van der Waals surface area contributed by atoms with Crippen molar-refractivity contribution < 1.29 is 37.1 Å². The lowest BCUT2D eigenvalue weighted by Gasteiger charge is -2.35. The zero-order valence-electron chi connectivity index (χ0n) is 18.2. The number of amides is 1. The van der Waals surface area contributed by atoms with E-state index < -0.39 is 26.4 Å². The van der Waals surface area contributed by atoms with Gasteiger partial charge in [-0.15, -0.1) is 0 Å². The molecule has 0 aliphatic carbocycles. The summed E-state index contributed by atoms with van der Waals surface area (Å²) >= 11 is 0. The Labute approximate surface area is 174 Å². The second-order valence-electron chi connectivity index (χ2n) is 6.07. The Morgan fingerprint density at radius 3 is 1.86 bits per heavy atom. The number of esters is 2. The molecule has 0 saturated carbocycles. The van der Waals surface area contributed by atoms with Gasteiger partial charge in [-0.3, -0.25) is 9.59 Å². The van der Waals surface area contributed by atoms with Crippen LogP contribution in [0.4, 0.5) is 0 Å². The van der Waals surface area contributed by atoms with Gasteiger partial charge in [0.05, 0.1) is 12.1 Å². The second-order valence-corrected chi connectivity index (χ2v) is 8.84. The Bertz CT molecular complexity index is 523. The van der Waals surface area contributed by atoms with E-state index in [1.54, 1.807) is 0 Å². The van der Waals surface area contributed by atoms with Crippen LogP contribution in [0.5, 0.6) is 0 Å². The number of carbonyl (C=O) groups excluding carboxylic acids is 3. The maximum atomic E-state index is 12.3. The van der Waals surface area contributed by atoms with Crippen LogP contribution in [0.2, 0.25) is 0 Å². The first kappa shape index (κ1) is 27.2.